The summed E-state index contributed by atoms with van der Waals surface area (Å²) in [6.07, 6.45) is 0.566. The Bertz CT molecular complexity index is 594. The molecule has 0 saturated carbocycles. The maximum Gasteiger partial charge on any atom is 0.246 e. The number of amides is 2. The van der Waals surface area contributed by atoms with Gasteiger partial charge in [0, 0.05) is 12.6 Å². The van der Waals surface area contributed by atoms with Gasteiger partial charge in [-0.3, -0.25) is 14.3 Å². The van der Waals surface area contributed by atoms with E-state index in [1.807, 2.05) is 13.8 Å². The highest BCUT2D eigenvalue weighted by Crippen LogP contribution is 2.28. The molecule has 1 aromatic heterocycles. The van der Waals surface area contributed by atoms with E-state index in [1.54, 1.807) is 30.5 Å². The average molecular weight is 313 g/mol. The summed E-state index contributed by atoms with van der Waals surface area (Å²) in [6, 6.07) is -0.471. The number of nitrogens with one attached hydrogen (secondary N) is 1. The molecule has 7 heteroatoms. The lowest BCUT2D eigenvalue weighted by Crippen LogP contribution is -2.67. The fraction of sp³-hybridized carbons (Fsp3) is 0.643. The number of carbonyl (C=O) groups is 2. The van der Waals surface area contributed by atoms with Crippen molar-refractivity contribution in [1.29, 1.82) is 0 Å². The molecule has 116 valence electrons. The predicted molar refractivity (Wildman–Crippen MR) is 79.8 cm³/mol. The Morgan fingerprint density at radius 3 is 2.48 bits per heavy atom. The largest absolute Gasteiger partial charge is 0.342 e. The first-order valence-corrected chi connectivity index (χ1v) is 7.38. The molecule has 21 heavy (non-hydrogen) atoms. The first-order chi connectivity index (χ1) is 9.70. The van der Waals surface area contributed by atoms with Crippen molar-refractivity contribution in [3.8, 4) is 0 Å². The van der Waals surface area contributed by atoms with Crippen LogP contribution in [0.5, 0.6) is 0 Å². The molecule has 1 unspecified atom stereocenters. The average Bonchev–Trinajstić information content (AvgIpc) is 2.64. The lowest BCUT2D eigenvalue weighted by Gasteiger charge is -2.44. The van der Waals surface area contributed by atoms with Crippen LogP contribution in [0.2, 0.25) is 5.15 Å². The number of hydrogen-bond donors (Lipinski definition) is 1. The van der Waals surface area contributed by atoms with Crippen LogP contribution in [0.4, 0.5) is 0 Å². The number of piperazine rings is 1. The van der Waals surface area contributed by atoms with Crippen LogP contribution < -0.4 is 5.32 Å². The van der Waals surface area contributed by atoms with Gasteiger partial charge in [-0.05, 0) is 27.2 Å². The van der Waals surface area contributed by atoms with Gasteiger partial charge in [0.25, 0.3) is 0 Å². The van der Waals surface area contributed by atoms with Crippen molar-refractivity contribution >= 4 is 23.4 Å². The van der Waals surface area contributed by atoms with Crippen LogP contribution in [0.1, 0.15) is 38.4 Å². The monoisotopic (exact) mass is 312 g/mol. The van der Waals surface area contributed by atoms with Gasteiger partial charge in [0.1, 0.15) is 16.7 Å². The van der Waals surface area contributed by atoms with E-state index in [-0.39, 0.29) is 18.4 Å². The van der Waals surface area contributed by atoms with Crippen LogP contribution in [0, 0.1) is 6.92 Å². The standard InChI is InChI=1S/C14H21ClN4O2/c1-6-10-12(20)19(14(3,4)13(21)16-10)7-9-8(2)17-18(5)11(9)15/h10H,6-7H2,1-5H3,(H,16,21). The van der Waals surface area contributed by atoms with Gasteiger partial charge in [0.15, 0.2) is 0 Å². The molecular formula is C14H21ClN4O2. The van der Waals surface area contributed by atoms with E-state index in [9.17, 15) is 9.59 Å². The Hall–Kier alpha value is -1.56. The Morgan fingerprint density at radius 2 is 2.00 bits per heavy atom. The van der Waals surface area contributed by atoms with Crippen LogP contribution in [0.3, 0.4) is 0 Å². The van der Waals surface area contributed by atoms with Crippen molar-refractivity contribution in [1.82, 2.24) is 20.0 Å². The lowest BCUT2D eigenvalue weighted by atomic mass is 9.94. The smallest absolute Gasteiger partial charge is 0.246 e. The number of aromatic nitrogens is 2. The molecular weight excluding hydrogens is 292 g/mol. The first-order valence-electron chi connectivity index (χ1n) is 7.00. The number of halogens is 1. The summed E-state index contributed by atoms with van der Waals surface area (Å²) >= 11 is 6.24. The van der Waals surface area contributed by atoms with E-state index >= 15 is 0 Å². The zero-order chi connectivity index (χ0) is 15.9. The van der Waals surface area contributed by atoms with Crippen LogP contribution in [-0.4, -0.2) is 38.1 Å². The van der Waals surface area contributed by atoms with Crippen LogP contribution >= 0.6 is 11.6 Å². The van der Waals surface area contributed by atoms with Crippen molar-refractivity contribution < 1.29 is 9.59 Å². The number of aryl methyl sites for hydroxylation is 2. The fourth-order valence-electron chi connectivity index (χ4n) is 2.55. The van der Waals surface area contributed by atoms with Gasteiger partial charge in [-0.1, -0.05) is 18.5 Å². The van der Waals surface area contributed by atoms with Gasteiger partial charge in [0.2, 0.25) is 11.8 Å². The Labute approximate surface area is 129 Å². The van der Waals surface area contributed by atoms with Gasteiger partial charge in [0.05, 0.1) is 12.2 Å². The van der Waals surface area contributed by atoms with Crippen molar-refractivity contribution in [2.24, 2.45) is 7.05 Å². The normalized spacial score (nSPS) is 21.6. The van der Waals surface area contributed by atoms with Crippen molar-refractivity contribution in [2.45, 2.75) is 52.2 Å². The highest BCUT2D eigenvalue weighted by atomic mass is 35.5. The van der Waals surface area contributed by atoms with Crippen molar-refractivity contribution in [3.63, 3.8) is 0 Å². The summed E-state index contributed by atoms with van der Waals surface area (Å²) in [7, 11) is 1.75. The summed E-state index contributed by atoms with van der Waals surface area (Å²) in [6.45, 7) is 7.49. The second kappa shape index (κ2) is 5.33. The minimum absolute atomic E-state index is 0.0820. The molecule has 1 atom stereocenters. The predicted octanol–water partition coefficient (Wildman–Crippen LogP) is 1.40. The second-order valence-corrected chi connectivity index (χ2v) is 6.25. The van der Waals surface area contributed by atoms with Crippen molar-refractivity contribution in [3.05, 3.63) is 16.4 Å². The van der Waals surface area contributed by atoms with Crippen LogP contribution in [-0.2, 0) is 23.2 Å². The third-order valence-corrected chi connectivity index (χ3v) is 4.57. The number of rotatable bonds is 3. The molecule has 1 aliphatic heterocycles. The third-order valence-electron chi connectivity index (χ3n) is 4.09. The van der Waals surface area contributed by atoms with E-state index in [0.29, 0.717) is 11.6 Å². The number of nitrogens with zero attached hydrogens (tertiary/aromatic N) is 3. The molecule has 0 aliphatic carbocycles. The maximum atomic E-state index is 12.6. The summed E-state index contributed by atoms with van der Waals surface area (Å²) < 4.78 is 1.57. The molecule has 2 amide bonds. The minimum atomic E-state index is -0.908. The highest BCUT2D eigenvalue weighted by molar-refractivity contribution is 6.30. The molecule has 0 radical (unpaired) electrons. The molecule has 2 heterocycles. The summed E-state index contributed by atoms with van der Waals surface area (Å²) in [5, 5.41) is 7.52. The van der Waals surface area contributed by atoms with Crippen LogP contribution in [0.25, 0.3) is 0 Å². The maximum absolute atomic E-state index is 12.6. The molecule has 1 N–H and O–H groups in total. The Kier molecular flexibility index (Phi) is 4.02. The van der Waals surface area contributed by atoms with E-state index < -0.39 is 11.6 Å². The topological polar surface area (TPSA) is 67.2 Å². The molecule has 1 aromatic rings. The zero-order valence-corrected chi connectivity index (χ0v) is 13.8. The zero-order valence-electron chi connectivity index (χ0n) is 13.0. The quantitative estimate of drug-likeness (QED) is 0.917. The van der Waals surface area contributed by atoms with Gasteiger partial charge in [-0.25, -0.2) is 0 Å². The first kappa shape index (κ1) is 15.8. The molecule has 0 aromatic carbocycles. The molecule has 6 nitrogen and oxygen atoms in total. The second-order valence-electron chi connectivity index (χ2n) is 5.90. The van der Waals surface area contributed by atoms with E-state index in [0.717, 1.165) is 11.3 Å². The third kappa shape index (κ3) is 2.52. The van der Waals surface area contributed by atoms with E-state index in [4.69, 9.17) is 11.6 Å². The Morgan fingerprint density at radius 1 is 1.38 bits per heavy atom. The van der Waals surface area contributed by atoms with Crippen molar-refractivity contribution in [2.75, 3.05) is 0 Å². The molecule has 0 bridgehead atoms. The lowest BCUT2D eigenvalue weighted by molar-refractivity contribution is -0.156. The highest BCUT2D eigenvalue weighted by Gasteiger charge is 2.46. The summed E-state index contributed by atoms with van der Waals surface area (Å²) in [5.74, 6) is -0.229. The molecule has 0 spiro atoms. The Balaban J connectivity index is 2.39. The summed E-state index contributed by atoms with van der Waals surface area (Å²) in [5.41, 5.74) is 0.643. The van der Waals surface area contributed by atoms with Crippen LogP contribution in [0.15, 0.2) is 0 Å². The number of hydrogen-bond acceptors (Lipinski definition) is 3. The minimum Gasteiger partial charge on any atom is -0.342 e. The number of carbonyl (C=O) groups excluding carboxylic acids is 2. The SMILES string of the molecule is CCC1NC(=O)C(C)(C)N(Cc2c(C)nn(C)c2Cl)C1=O. The fourth-order valence-corrected chi connectivity index (χ4v) is 2.78. The van der Waals surface area contributed by atoms with Gasteiger partial charge >= 0.3 is 0 Å². The molecule has 2 rings (SSSR count). The molecule has 1 fully saturated rings. The van der Waals surface area contributed by atoms with Gasteiger partial charge in [-0.2, -0.15) is 5.10 Å². The van der Waals surface area contributed by atoms with E-state index in [1.165, 1.54) is 0 Å². The molecule has 1 saturated heterocycles. The molecule has 1 aliphatic rings. The summed E-state index contributed by atoms with van der Waals surface area (Å²) in [4.78, 5) is 26.4. The van der Waals surface area contributed by atoms with E-state index in [2.05, 4.69) is 10.4 Å². The van der Waals surface area contributed by atoms with Gasteiger partial charge in [-0.15, -0.1) is 0 Å². The van der Waals surface area contributed by atoms with Gasteiger partial charge < -0.3 is 10.2 Å².